The number of aromatic nitrogens is 3. The summed E-state index contributed by atoms with van der Waals surface area (Å²) in [5, 5.41) is 8.63. The van der Waals surface area contributed by atoms with E-state index in [1.807, 2.05) is 37.3 Å². The lowest BCUT2D eigenvalue weighted by molar-refractivity contribution is 0.324. The fourth-order valence-corrected chi connectivity index (χ4v) is 3.16. The number of ether oxygens (including phenoxy) is 3. The molecular formula is C22H25N3O3. The predicted molar refractivity (Wildman–Crippen MR) is 108 cm³/mol. The van der Waals surface area contributed by atoms with Gasteiger partial charge in [-0.05, 0) is 30.5 Å². The average molecular weight is 379 g/mol. The summed E-state index contributed by atoms with van der Waals surface area (Å²) in [6, 6.07) is 14.1. The van der Waals surface area contributed by atoms with Crippen LogP contribution in [0.2, 0.25) is 0 Å². The molecule has 0 saturated carbocycles. The van der Waals surface area contributed by atoms with E-state index in [4.69, 9.17) is 19.2 Å². The van der Waals surface area contributed by atoms with Crippen LogP contribution in [-0.4, -0.2) is 36.5 Å². The summed E-state index contributed by atoms with van der Waals surface area (Å²) in [7, 11) is 4.78. The molecule has 0 unspecified atom stereocenters. The molecule has 0 radical (unpaired) electrons. The second kappa shape index (κ2) is 8.69. The molecule has 3 aromatic rings. The quantitative estimate of drug-likeness (QED) is 0.612. The van der Waals surface area contributed by atoms with Crippen LogP contribution >= 0.6 is 0 Å². The Bertz CT molecular complexity index is 920. The van der Waals surface area contributed by atoms with Crippen LogP contribution in [0.1, 0.15) is 29.9 Å². The van der Waals surface area contributed by atoms with Gasteiger partial charge in [-0.15, -0.1) is 5.10 Å². The summed E-state index contributed by atoms with van der Waals surface area (Å²) in [6.45, 7) is 4.06. The van der Waals surface area contributed by atoms with E-state index in [1.165, 1.54) is 5.56 Å². The summed E-state index contributed by atoms with van der Waals surface area (Å²) < 4.78 is 16.3. The van der Waals surface area contributed by atoms with E-state index in [9.17, 15) is 0 Å². The fourth-order valence-electron chi connectivity index (χ4n) is 3.16. The van der Waals surface area contributed by atoms with Gasteiger partial charge in [0.1, 0.15) is 0 Å². The van der Waals surface area contributed by atoms with Crippen molar-refractivity contribution in [3.63, 3.8) is 0 Å². The third-order valence-corrected chi connectivity index (χ3v) is 4.69. The number of methoxy groups -OCH3 is 3. The van der Waals surface area contributed by atoms with Crippen molar-refractivity contribution < 1.29 is 14.2 Å². The molecule has 6 nitrogen and oxygen atoms in total. The predicted octanol–water partition coefficient (Wildman–Crippen LogP) is 4.22. The molecule has 0 bridgehead atoms. The van der Waals surface area contributed by atoms with Gasteiger partial charge in [0.05, 0.1) is 32.7 Å². The summed E-state index contributed by atoms with van der Waals surface area (Å²) in [4.78, 5) is 4.79. The van der Waals surface area contributed by atoms with Crippen LogP contribution in [0.15, 0.2) is 42.5 Å². The van der Waals surface area contributed by atoms with Gasteiger partial charge < -0.3 is 14.2 Å². The number of nitrogens with zero attached hydrogens (tertiary/aromatic N) is 3. The first kappa shape index (κ1) is 19.6. The Labute approximate surface area is 165 Å². The van der Waals surface area contributed by atoms with E-state index >= 15 is 0 Å². The molecule has 0 spiro atoms. The van der Waals surface area contributed by atoms with E-state index in [0.29, 0.717) is 35.4 Å². The molecule has 0 saturated heterocycles. The Morgan fingerprint density at radius 2 is 1.54 bits per heavy atom. The molecule has 0 N–H and O–H groups in total. The Morgan fingerprint density at radius 3 is 2.11 bits per heavy atom. The first-order valence-corrected chi connectivity index (χ1v) is 9.12. The highest BCUT2D eigenvalue weighted by atomic mass is 16.5. The van der Waals surface area contributed by atoms with Gasteiger partial charge in [-0.3, -0.25) is 0 Å². The van der Waals surface area contributed by atoms with Crippen LogP contribution in [0.25, 0.3) is 11.3 Å². The Kier molecular flexibility index (Phi) is 6.09. The standard InChI is InChI=1S/C22H25N3O3/c1-14(16-9-7-6-8-10-16)11-20-23-21(15(2)24-25-20)17-12-18(26-3)22(28-5)19(13-17)27-4/h6-10,12-14H,11H2,1-5H3/t14-/m0/s1. The van der Waals surface area contributed by atoms with E-state index in [2.05, 4.69) is 29.3 Å². The van der Waals surface area contributed by atoms with E-state index < -0.39 is 0 Å². The van der Waals surface area contributed by atoms with E-state index in [1.54, 1.807) is 21.3 Å². The molecule has 28 heavy (non-hydrogen) atoms. The maximum atomic E-state index is 5.46. The van der Waals surface area contributed by atoms with E-state index in [0.717, 1.165) is 17.0 Å². The molecule has 0 fully saturated rings. The molecule has 6 heteroatoms. The molecule has 1 heterocycles. The normalized spacial score (nSPS) is 11.8. The van der Waals surface area contributed by atoms with Gasteiger partial charge in [0.15, 0.2) is 17.3 Å². The molecular weight excluding hydrogens is 354 g/mol. The number of hydrogen-bond donors (Lipinski definition) is 0. The molecule has 0 aliphatic rings. The van der Waals surface area contributed by atoms with Crippen LogP contribution in [0.5, 0.6) is 17.2 Å². The van der Waals surface area contributed by atoms with Crippen molar-refractivity contribution in [1.29, 1.82) is 0 Å². The number of benzene rings is 2. The monoisotopic (exact) mass is 379 g/mol. The first-order valence-electron chi connectivity index (χ1n) is 9.12. The van der Waals surface area contributed by atoms with Crippen molar-refractivity contribution in [3.05, 3.63) is 59.5 Å². The lowest BCUT2D eigenvalue weighted by atomic mass is 9.97. The lowest BCUT2D eigenvalue weighted by Gasteiger charge is -2.15. The molecule has 1 atom stereocenters. The van der Waals surface area contributed by atoms with Crippen LogP contribution in [0, 0.1) is 6.92 Å². The number of aryl methyl sites for hydroxylation is 1. The van der Waals surface area contributed by atoms with Gasteiger partial charge in [-0.25, -0.2) is 4.98 Å². The van der Waals surface area contributed by atoms with Crippen molar-refractivity contribution in [1.82, 2.24) is 15.2 Å². The Balaban J connectivity index is 1.98. The molecule has 146 valence electrons. The maximum absolute atomic E-state index is 5.46. The summed E-state index contributed by atoms with van der Waals surface area (Å²) in [5.74, 6) is 2.69. The zero-order valence-corrected chi connectivity index (χ0v) is 16.9. The van der Waals surface area contributed by atoms with Gasteiger partial charge in [-0.2, -0.15) is 5.10 Å². The Hall–Kier alpha value is -3.15. The van der Waals surface area contributed by atoms with Crippen LogP contribution < -0.4 is 14.2 Å². The summed E-state index contributed by atoms with van der Waals surface area (Å²) in [5.41, 5.74) is 3.59. The van der Waals surface area contributed by atoms with Gasteiger partial charge in [0.25, 0.3) is 0 Å². The highest BCUT2D eigenvalue weighted by Gasteiger charge is 2.18. The topological polar surface area (TPSA) is 66.4 Å². The van der Waals surface area contributed by atoms with E-state index in [-0.39, 0.29) is 0 Å². The maximum Gasteiger partial charge on any atom is 0.203 e. The largest absolute Gasteiger partial charge is 0.493 e. The molecule has 0 aliphatic heterocycles. The van der Waals surface area contributed by atoms with Crippen molar-refractivity contribution in [2.45, 2.75) is 26.2 Å². The molecule has 1 aromatic heterocycles. The highest BCUT2D eigenvalue weighted by molar-refractivity contribution is 5.69. The minimum absolute atomic E-state index is 0.290. The van der Waals surface area contributed by atoms with Crippen molar-refractivity contribution in [2.24, 2.45) is 0 Å². The highest BCUT2D eigenvalue weighted by Crippen LogP contribution is 2.41. The lowest BCUT2D eigenvalue weighted by Crippen LogP contribution is -2.07. The van der Waals surface area contributed by atoms with Crippen molar-refractivity contribution in [3.8, 4) is 28.5 Å². The molecule has 2 aromatic carbocycles. The first-order chi connectivity index (χ1) is 13.6. The third-order valence-electron chi connectivity index (χ3n) is 4.69. The average Bonchev–Trinajstić information content (AvgIpc) is 2.74. The second-order valence-electron chi connectivity index (χ2n) is 6.59. The number of rotatable bonds is 7. The van der Waals surface area contributed by atoms with Crippen LogP contribution in [-0.2, 0) is 6.42 Å². The minimum atomic E-state index is 0.290. The van der Waals surface area contributed by atoms with Gasteiger partial charge in [0, 0.05) is 12.0 Å². The minimum Gasteiger partial charge on any atom is -0.493 e. The molecule has 0 amide bonds. The number of hydrogen-bond acceptors (Lipinski definition) is 6. The van der Waals surface area contributed by atoms with Gasteiger partial charge in [-0.1, -0.05) is 37.3 Å². The zero-order chi connectivity index (χ0) is 20.1. The van der Waals surface area contributed by atoms with Crippen LogP contribution in [0.3, 0.4) is 0 Å². The molecule has 0 aliphatic carbocycles. The summed E-state index contributed by atoms with van der Waals surface area (Å²) >= 11 is 0. The van der Waals surface area contributed by atoms with Crippen molar-refractivity contribution >= 4 is 0 Å². The third kappa shape index (κ3) is 4.06. The zero-order valence-electron chi connectivity index (χ0n) is 16.9. The Morgan fingerprint density at radius 1 is 0.893 bits per heavy atom. The summed E-state index contributed by atoms with van der Waals surface area (Å²) in [6.07, 6.45) is 0.703. The van der Waals surface area contributed by atoms with Gasteiger partial charge >= 0.3 is 0 Å². The van der Waals surface area contributed by atoms with Crippen LogP contribution in [0.4, 0.5) is 0 Å². The smallest absolute Gasteiger partial charge is 0.203 e. The van der Waals surface area contributed by atoms with Gasteiger partial charge in [0.2, 0.25) is 5.75 Å². The SMILES string of the molecule is COc1cc(-c2nc(C[C@H](C)c3ccccc3)nnc2C)cc(OC)c1OC. The second-order valence-corrected chi connectivity index (χ2v) is 6.59. The fraction of sp³-hybridized carbons (Fsp3) is 0.318. The van der Waals surface area contributed by atoms with Crippen molar-refractivity contribution in [2.75, 3.05) is 21.3 Å². The molecule has 3 rings (SSSR count).